The number of carboxylic acids is 1. The quantitative estimate of drug-likeness (QED) is 0.759. The van der Waals surface area contributed by atoms with Crippen LogP contribution in [0.15, 0.2) is 30.3 Å². The maximum absolute atomic E-state index is 12.7. The van der Waals surface area contributed by atoms with E-state index in [0.29, 0.717) is 38.2 Å². The first-order valence-electron chi connectivity index (χ1n) is 8.97. The van der Waals surface area contributed by atoms with E-state index >= 15 is 0 Å². The van der Waals surface area contributed by atoms with E-state index in [1.807, 2.05) is 25.1 Å². The minimum absolute atomic E-state index is 0.0707. The summed E-state index contributed by atoms with van der Waals surface area (Å²) in [4.78, 5) is 39.1. The third-order valence-corrected chi connectivity index (χ3v) is 4.36. The Balaban J connectivity index is 1.91. The zero-order valence-corrected chi connectivity index (χ0v) is 15.1. The minimum Gasteiger partial charge on any atom is -0.484 e. The normalized spacial score (nSPS) is 16.8. The van der Waals surface area contributed by atoms with Gasteiger partial charge < -0.3 is 19.6 Å². The van der Waals surface area contributed by atoms with E-state index in [1.54, 1.807) is 17.0 Å². The molecule has 1 N–H and O–H groups in total. The van der Waals surface area contributed by atoms with E-state index < -0.39 is 5.97 Å². The Hall–Kier alpha value is -2.57. The minimum atomic E-state index is -1.02. The molecule has 2 rings (SSSR count). The second kappa shape index (κ2) is 9.79. The molecule has 1 saturated heterocycles. The van der Waals surface area contributed by atoms with Gasteiger partial charge in [-0.2, -0.15) is 0 Å². The van der Waals surface area contributed by atoms with Crippen LogP contribution >= 0.6 is 0 Å². The lowest BCUT2D eigenvalue weighted by atomic mass is 9.96. The molecule has 26 heavy (non-hydrogen) atoms. The molecule has 1 unspecified atom stereocenters. The van der Waals surface area contributed by atoms with E-state index in [-0.39, 0.29) is 30.9 Å². The van der Waals surface area contributed by atoms with Gasteiger partial charge in [0.05, 0.1) is 5.92 Å². The predicted octanol–water partition coefficient (Wildman–Crippen LogP) is 1.63. The summed E-state index contributed by atoms with van der Waals surface area (Å²) in [6.07, 6.45) is 2.09. The van der Waals surface area contributed by atoms with Gasteiger partial charge in [-0.3, -0.25) is 14.4 Å². The molecule has 0 spiro atoms. The van der Waals surface area contributed by atoms with Crippen molar-refractivity contribution >= 4 is 17.8 Å². The number of piperidine rings is 1. The van der Waals surface area contributed by atoms with Gasteiger partial charge >= 0.3 is 5.97 Å². The Morgan fingerprint density at radius 1 is 1.27 bits per heavy atom. The lowest BCUT2D eigenvalue weighted by Gasteiger charge is -2.34. The van der Waals surface area contributed by atoms with E-state index in [1.165, 1.54) is 4.90 Å². The molecule has 1 atom stereocenters. The van der Waals surface area contributed by atoms with Crippen molar-refractivity contribution in [3.8, 4) is 5.75 Å². The van der Waals surface area contributed by atoms with Gasteiger partial charge in [0.15, 0.2) is 6.61 Å². The number of rotatable bonds is 8. The molecule has 0 saturated carbocycles. The lowest BCUT2D eigenvalue weighted by molar-refractivity contribution is -0.148. The van der Waals surface area contributed by atoms with Crippen LogP contribution in [0.1, 0.15) is 26.2 Å². The maximum Gasteiger partial charge on any atom is 0.323 e. The summed E-state index contributed by atoms with van der Waals surface area (Å²) in [5.41, 5.74) is 0. The Kier molecular flexibility index (Phi) is 7.44. The summed E-state index contributed by atoms with van der Waals surface area (Å²) in [6.45, 7) is 2.85. The van der Waals surface area contributed by atoms with Gasteiger partial charge in [-0.1, -0.05) is 25.1 Å². The van der Waals surface area contributed by atoms with Crippen LogP contribution in [0.3, 0.4) is 0 Å². The third kappa shape index (κ3) is 5.75. The van der Waals surface area contributed by atoms with Crippen molar-refractivity contribution in [2.24, 2.45) is 5.92 Å². The number of carbonyl (C=O) groups is 3. The summed E-state index contributed by atoms with van der Waals surface area (Å²) in [5, 5.41) is 9.00. The number of amides is 2. The molecule has 142 valence electrons. The van der Waals surface area contributed by atoms with E-state index in [9.17, 15) is 14.4 Å². The van der Waals surface area contributed by atoms with Crippen LogP contribution < -0.4 is 4.74 Å². The van der Waals surface area contributed by atoms with Gasteiger partial charge in [0.25, 0.3) is 5.91 Å². The van der Waals surface area contributed by atoms with Crippen molar-refractivity contribution in [1.29, 1.82) is 0 Å². The number of nitrogens with zero attached hydrogens (tertiary/aromatic N) is 2. The van der Waals surface area contributed by atoms with Crippen molar-refractivity contribution in [3.63, 3.8) is 0 Å². The molecule has 7 nitrogen and oxygen atoms in total. The highest BCUT2D eigenvalue weighted by atomic mass is 16.5. The molecule has 0 aromatic heterocycles. The van der Waals surface area contributed by atoms with Crippen LogP contribution in [0, 0.1) is 5.92 Å². The molecule has 0 aliphatic carbocycles. The van der Waals surface area contributed by atoms with Crippen molar-refractivity contribution in [1.82, 2.24) is 9.80 Å². The number of likely N-dealkylation sites (tertiary alicyclic amines) is 1. The molecule has 1 heterocycles. The maximum atomic E-state index is 12.7. The van der Waals surface area contributed by atoms with Crippen LogP contribution in [0.4, 0.5) is 0 Å². The Morgan fingerprint density at radius 3 is 2.65 bits per heavy atom. The number of carboxylic acid groups (broad SMARTS) is 1. The first-order chi connectivity index (χ1) is 12.5. The first-order valence-corrected chi connectivity index (χ1v) is 8.97. The number of carbonyl (C=O) groups excluding carboxylic acids is 2. The number of benzene rings is 1. The monoisotopic (exact) mass is 362 g/mol. The fourth-order valence-electron chi connectivity index (χ4n) is 3.12. The van der Waals surface area contributed by atoms with Gasteiger partial charge in [0, 0.05) is 19.6 Å². The first kappa shape index (κ1) is 19.8. The topological polar surface area (TPSA) is 87.2 Å². The summed E-state index contributed by atoms with van der Waals surface area (Å²) in [5.74, 6) is -1.09. The lowest BCUT2D eigenvalue weighted by Crippen LogP contribution is -2.49. The number of para-hydroxylation sites is 1. The van der Waals surface area contributed by atoms with Crippen molar-refractivity contribution in [2.45, 2.75) is 26.2 Å². The average molecular weight is 362 g/mol. The van der Waals surface area contributed by atoms with Gasteiger partial charge in [-0.05, 0) is 31.4 Å². The number of hydrogen-bond acceptors (Lipinski definition) is 4. The third-order valence-electron chi connectivity index (χ3n) is 4.36. The van der Waals surface area contributed by atoms with Crippen LogP contribution in [-0.2, 0) is 14.4 Å². The number of hydrogen-bond donors (Lipinski definition) is 1. The fourth-order valence-corrected chi connectivity index (χ4v) is 3.12. The summed E-state index contributed by atoms with van der Waals surface area (Å²) < 4.78 is 5.49. The van der Waals surface area contributed by atoms with Crippen LogP contribution in [-0.4, -0.2) is 65.5 Å². The van der Waals surface area contributed by atoms with Gasteiger partial charge in [0.1, 0.15) is 12.3 Å². The average Bonchev–Trinajstić information content (AvgIpc) is 2.65. The van der Waals surface area contributed by atoms with E-state index in [4.69, 9.17) is 9.84 Å². The zero-order chi connectivity index (χ0) is 18.9. The SMILES string of the molecule is CCCN(CC(=O)O)C(=O)C1CCCN(C(=O)COc2ccccc2)C1. The molecule has 7 heteroatoms. The Morgan fingerprint density at radius 2 is 2.00 bits per heavy atom. The highest BCUT2D eigenvalue weighted by molar-refractivity contribution is 5.84. The van der Waals surface area contributed by atoms with Crippen LogP contribution in [0.25, 0.3) is 0 Å². The predicted molar refractivity (Wildman–Crippen MR) is 95.7 cm³/mol. The summed E-state index contributed by atoms with van der Waals surface area (Å²) in [7, 11) is 0. The summed E-state index contributed by atoms with van der Waals surface area (Å²) in [6, 6.07) is 9.10. The number of ether oxygens (including phenoxy) is 1. The standard InChI is InChI=1S/C19H26N2O5/c1-2-10-21(13-18(23)24)19(25)15-7-6-11-20(12-15)17(22)14-26-16-8-4-3-5-9-16/h3-5,8-9,15H,2,6-7,10-14H2,1H3,(H,23,24). The van der Waals surface area contributed by atoms with Crippen molar-refractivity contribution in [3.05, 3.63) is 30.3 Å². The van der Waals surface area contributed by atoms with Crippen molar-refractivity contribution in [2.75, 3.05) is 32.8 Å². The fraction of sp³-hybridized carbons (Fsp3) is 0.526. The second-order valence-corrected chi connectivity index (χ2v) is 6.43. The molecule has 1 aliphatic rings. The van der Waals surface area contributed by atoms with Gasteiger partial charge in [-0.25, -0.2) is 0 Å². The van der Waals surface area contributed by atoms with E-state index in [2.05, 4.69) is 0 Å². The second-order valence-electron chi connectivity index (χ2n) is 6.43. The molecule has 1 aromatic carbocycles. The molecule has 2 amide bonds. The molecule has 0 bridgehead atoms. The van der Waals surface area contributed by atoms with Gasteiger partial charge in [0.2, 0.25) is 5.91 Å². The molecular weight excluding hydrogens is 336 g/mol. The number of aliphatic carboxylic acids is 1. The Labute approximate surface area is 153 Å². The molecule has 1 aliphatic heterocycles. The molecular formula is C19H26N2O5. The molecule has 1 fully saturated rings. The largest absolute Gasteiger partial charge is 0.484 e. The molecule has 1 aromatic rings. The van der Waals surface area contributed by atoms with Crippen LogP contribution in [0.5, 0.6) is 5.75 Å². The molecule has 0 radical (unpaired) electrons. The summed E-state index contributed by atoms with van der Waals surface area (Å²) >= 11 is 0. The Bertz CT molecular complexity index is 620. The van der Waals surface area contributed by atoms with Gasteiger partial charge in [-0.15, -0.1) is 0 Å². The van der Waals surface area contributed by atoms with Crippen molar-refractivity contribution < 1.29 is 24.2 Å². The zero-order valence-electron chi connectivity index (χ0n) is 15.1. The smallest absolute Gasteiger partial charge is 0.323 e. The highest BCUT2D eigenvalue weighted by Crippen LogP contribution is 2.20. The van der Waals surface area contributed by atoms with E-state index in [0.717, 1.165) is 6.42 Å². The van der Waals surface area contributed by atoms with Crippen LogP contribution in [0.2, 0.25) is 0 Å². The highest BCUT2D eigenvalue weighted by Gasteiger charge is 2.31.